The number of nitrogens with zero attached hydrogens (tertiary/aromatic N) is 3. The fraction of sp³-hybridized carbons (Fsp3) is 0.214. The van der Waals surface area contributed by atoms with Crippen molar-refractivity contribution in [1.29, 1.82) is 0 Å². The second kappa shape index (κ2) is 6.80. The zero-order valence-corrected chi connectivity index (χ0v) is 13.3. The monoisotopic (exact) mass is 334 g/mol. The standard InChI is InChI=1S/C14H14N4O2S2/c19-12-6-7-16-14-18(12)17-13(21-14)15-8-9-22(20)10-11-4-2-1-3-5-11/h1-7H,8-10H2,(H,15,17)/t22-/m0/s1. The molecule has 8 heteroatoms. The molecule has 0 aliphatic carbocycles. The summed E-state index contributed by atoms with van der Waals surface area (Å²) < 4.78 is 13.3. The van der Waals surface area contributed by atoms with E-state index < -0.39 is 10.8 Å². The molecule has 0 aliphatic heterocycles. The van der Waals surface area contributed by atoms with Crippen LogP contribution in [0.2, 0.25) is 0 Å². The number of anilines is 1. The lowest BCUT2D eigenvalue weighted by Gasteiger charge is -2.03. The highest BCUT2D eigenvalue weighted by Crippen LogP contribution is 2.15. The summed E-state index contributed by atoms with van der Waals surface area (Å²) in [5.41, 5.74) is 0.860. The first-order chi connectivity index (χ1) is 10.7. The van der Waals surface area contributed by atoms with Gasteiger partial charge in [-0.1, -0.05) is 41.7 Å². The van der Waals surface area contributed by atoms with Gasteiger partial charge in [-0.15, -0.1) is 5.10 Å². The van der Waals surface area contributed by atoms with E-state index in [0.29, 0.717) is 28.1 Å². The number of hydrogen-bond acceptors (Lipinski definition) is 6. The Kier molecular flexibility index (Phi) is 4.59. The van der Waals surface area contributed by atoms with Crippen LogP contribution in [0.4, 0.5) is 5.13 Å². The summed E-state index contributed by atoms with van der Waals surface area (Å²) in [6, 6.07) is 11.1. The van der Waals surface area contributed by atoms with Gasteiger partial charge in [-0.05, 0) is 5.56 Å². The van der Waals surface area contributed by atoms with Crippen molar-refractivity contribution in [2.24, 2.45) is 0 Å². The SMILES string of the molecule is O=c1ccnc2sc(NCC[S@](=O)Cc3ccccc3)nn12. The van der Waals surface area contributed by atoms with Gasteiger partial charge in [0.1, 0.15) is 0 Å². The fourth-order valence-corrected chi connectivity index (χ4v) is 3.76. The van der Waals surface area contributed by atoms with E-state index in [0.717, 1.165) is 5.56 Å². The Hall–Kier alpha value is -2.06. The molecule has 1 aromatic carbocycles. The van der Waals surface area contributed by atoms with Crippen molar-refractivity contribution in [2.75, 3.05) is 17.6 Å². The molecule has 6 nitrogen and oxygen atoms in total. The third-order valence-electron chi connectivity index (χ3n) is 2.95. The van der Waals surface area contributed by atoms with Crippen LogP contribution < -0.4 is 10.9 Å². The van der Waals surface area contributed by atoms with Crippen LogP contribution in [-0.2, 0) is 16.6 Å². The molecular weight excluding hydrogens is 320 g/mol. The molecule has 22 heavy (non-hydrogen) atoms. The average Bonchev–Trinajstić information content (AvgIpc) is 2.93. The van der Waals surface area contributed by atoms with E-state index in [9.17, 15) is 9.00 Å². The van der Waals surface area contributed by atoms with Gasteiger partial charge in [0.15, 0.2) is 0 Å². The smallest absolute Gasteiger partial charge is 0.275 e. The molecular formula is C14H14N4O2S2. The molecule has 0 fully saturated rings. The van der Waals surface area contributed by atoms with Crippen molar-refractivity contribution in [3.63, 3.8) is 0 Å². The summed E-state index contributed by atoms with van der Waals surface area (Å²) in [6.07, 6.45) is 1.47. The van der Waals surface area contributed by atoms with E-state index in [1.54, 1.807) is 0 Å². The molecule has 0 aliphatic rings. The zero-order valence-electron chi connectivity index (χ0n) is 11.6. The molecule has 2 aromatic heterocycles. The van der Waals surface area contributed by atoms with Gasteiger partial charge in [0, 0.05) is 41.1 Å². The van der Waals surface area contributed by atoms with Crippen molar-refractivity contribution >= 4 is 32.2 Å². The summed E-state index contributed by atoms with van der Waals surface area (Å²) >= 11 is 1.30. The number of rotatable bonds is 6. The van der Waals surface area contributed by atoms with Crippen LogP contribution in [0.15, 0.2) is 47.4 Å². The predicted molar refractivity (Wildman–Crippen MR) is 88.8 cm³/mol. The van der Waals surface area contributed by atoms with Gasteiger partial charge in [0.25, 0.3) is 5.56 Å². The van der Waals surface area contributed by atoms with E-state index in [2.05, 4.69) is 15.4 Å². The predicted octanol–water partition coefficient (Wildman–Crippen LogP) is 1.51. The number of benzene rings is 1. The highest BCUT2D eigenvalue weighted by molar-refractivity contribution is 7.84. The van der Waals surface area contributed by atoms with E-state index >= 15 is 0 Å². The Labute approximate surface area is 133 Å². The van der Waals surface area contributed by atoms with Gasteiger partial charge in [-0.3, -0.25) is 9.00 Å². The maximum Gasteiger partial charge on any atom is 0.275 e. The Balaban J connectivity index is 1.55. The minimum absolute atomic E-state index is 0.207. The number of nitrogens with one attached hydrogen (secondary N) is 1. The number of aromatic nitrogens is 3. The van der Waals surface area contributed by atoms with Gasteiger partial charge >= 0.3 is 0 Å². The third kappa shape index (κ3) is 3.58. The molecule has 114 valence electrons. The quantitative estimate of drug-likeness (QED) is 0.739. The van der Waals surface area contributed by atoms with Crippen LogP contribution in [0.1, 0.15) is 5.56 Å². The molecule has 0 amide bonds. The Morgan fingerprint density at radius 3 is 2.82 bits per heavy atom. The average molecular weight is 334 g/mol. The third-order valence-corrected chi connectivity index (χ3v) is 5.14. The first-order valence-electron chi connectivity index (χ1n) is 6.70. The van der Waals surface area contributed by atoms with Crippen LogP contribution in [0.3, 0.4) is 0 Å². The summed E-state index contributed by atoms with van der Waals surface area (Å²) in [5.74, 6) is 1.07. The van der Waals surface area contributed by atoms with Gasteiger partial charge in [-0.25, -0.2) is 4.98 Å². The van der Waals surface area contributed by atoms with Crippen LogP contribution in [0, 0.1) is 0 Å². The minimum Gasteiger partial charge on any atom is -0.359 e. The van der Waals surface area contributed by atoms with Crippen LogP contribution in [-0.4, -0.2) is 31.1 Å². The Morgan fingerprint density at radius 1 is 1.23 bits per heavy atom. The van der Waals surface area contributed by atoms with E-state index in [1.165, 1.54) is 28.1 Å². The topological polar surface area (TPSA) is 76.4 Å². The highest BCUT2D eigenvalue weighted by atomic mass is 32.2. The molecule has 0 saturated heterocycles. The first-order valence-corrected chi connectivity index (χ1v) is 9.00. The molecule has 3 aromatic rings. The number of fused-ring (bicyclic) bond motifs is 1. The first kappa shape index (κ1) is 14.9. The summed E-state index contributed by atoms with van der Waals surface area (Å²) in [5, 5.41) is 7.84. The molecule has 3 rings (SSSR count). The Bertz CT molecular complexity index is 845. The lowest BCUT2D eigenvalue weighted by molar-refractivity contribution is 0.682. The van der Waals surface area contributed by atoms with Crippen LogP contribution in [0.5, 0.6) is 0 Å². The summed E-state index contributed by atoms with van der Waals surface area (Å²) in [7, 11) is -0.937. The molecule has 1 atom stereocenters. The van der Waals surface area contributed by atoms with Crippen molar-refractivity contribution in [1.82, 2.24) is 14.6 Å². The minimum atomic E-state index is -0.937. The summed E-state index contributed by atoms with van der Waals surface area (Å²) in [6.45, 7) is 0.536. The highest BCUT2D eigenvalue weighted by Gasteiger charge is 2.06. The van der Waals surface area contributed by atoms with Crippen molar-refractivity contribution in [3.8, 4) is 0 Å². The molecule has 0 bridgehead atoms. The zero-order chi connectivity index (χ0) is 15.4. The number of hydrogen-bond donors (Lipinski definition) is 1. The van der Waals surface area contributed by atoms with Gasteiger partial charge < -0.3 is 5.32 Å². The van der Waals surface area contributed by atoms with Crippen molar-refractivity contribution < 1.29 is 4.21 Å². The lowest BCUT2D eigenvalue weighted by Crippen LogP contribution is -2.14. The second-order valence-corrected chi connectivity index (χ2v) is 7.12. The van der Waals surface area contributed by atoms with E-state index in [1.807, 2.05) is 30.3 Å². The normalized spacial score (nSPS) is 12.4. The van der Waals surface area contributed by atoms with Gasteiger partial charge in [0.2, 0.25) is 10.1 Å². The molecule has 1 N–H and O–H groups in total. The maximum absolute atomic E-state index is 12.0. The molecule has 0 radical (unpaired) electrons. The summed E-state index contributed by atoms with van der Waals surface area (Å²) in [4.78, 5) is 16.2. The van der Waals surface area contributed by atoms with E-state index in [4.69, 9.17) is 0 Å². The lowest BCUT2D eigenvalue weighted by atomic mass is 10.2. The largest absolute Gasteiger partial charge is 0.359 e. The van der Waals surface area contributed by atoms with E-state index in [-0.39, 0.29) is 5.56 Å². The second-order valence-electron chi connectivity index (χ2n) is 4.59. The molecule has 0 saturated carbocycles. The van der Waals surface area contributed by atoms with Gasteiger partial charge in [-0.2, -0.15) is 4.52 Å². The molecule has 2 heterocycles. The van der Waals surface area contributed by atoms with Crippen molar-refractivity contribution in [2.45, 2.75) is 5.75 Å². The van der Waals surface area contributed by atoms with Gasteiger partial charge in [0.05, 0.1) is 0 Å². The fourth-order valence-electron chi connectivity index (χ4n) is 1.92. The maximum atomic E-state index is 12.0. The molecule has 0 spiro atoms. The van der Waals surface area contributed by atoms with Crippen molar-refractivity contribution in [3.05, 3.63) is 58.5 Å². The molecule has 0 unspecified atom stereocenters. The van der Waals surface area contributed by atoms with Crippen LogP contribution in [0.25, 0.3) is 4.96 Å². The van der Waals surface area contributed by atoms with Crippen LogP contribution >= 0.6 is 11.3 Å². The Morgan fingerprint density at radius 2 is 2.05 bits per heavy atom.